The standard InChI is InChI=1S/C12H23N3O3/c13-11(16)10-18-8-5-14-9-12(17)15-6-3-1-2-4-7-15/h14H,1-10H2,(H2,13,16). The molecule has 0 atom stereocenters. The molecule has 0 aromatic heterocycles. The number of hydrogen-bond acceptors (Lipinski definition) is 4. The van der Waals surface area contributed by atoms with Crippen molar-refractivity contribution in [1.29, 1.82) is 0 Å². The quantitative estimate of drug-likeness (QED) is 0.601. The van der Waals surface area contributed by atoms with E-state index in [9.17, 15) is 9.59 Å². The Morgan fingerprint density at radius 3 is 2.44 bits per heavy atom. The third-order valence-electron chi connectivity index (χ3n) is 2.90. The molecule has 0 saturated carbocycles. The van der Waals surface area contributed by atoms with E-state index in [0.717, 1.165) is 25.9 Å². The first-order chi connectivity index (χ1) is 8.70. The van der Waals surface area contributed by atoms with Crippen molar-refractivity contribution in [2.75, 3.05) is 39.4 Å². The zero-order valence-electron chi connectivity index (χ0n) is 10.8. The average molecular weight is 257 g/mol. The summed E-state index contributed by atoms with van der Waals surface area (Å²) < 4.78 is 4.98. The lowest BCUT2D eigenvalue weighted by atomic mass is 10.2. The fourth-order valence-corrected chi connectivity index (χ4v) is 1.94. The second kappa shape index (κ2) is 8.88. The maximum absolute atomic E-state index is 11.8. The molecule has 2 amide bonds. The third kappa shape index (κ3) is 6.56. The smallest absolute Gasteiger partial charge is 0.243 e. The number of nitrogens with one attached hydrogen (secondary N) is 1. The number of ether oxygens (including phenoxy) is 1. The topological polar surface area (TPSA) is 84.7 Å². The van der Waals surface area contributed by atoms with Crippen molar-refractivity contribution < 1.29 is 14.3 Å². The predicted octanol–water partition coefficient (Wildman–Crippen LogP) is -0.519. The van der Waals surface area contributed by atoms with Crippen LogP contribution in [-0.2, 0) is 14.3 Å². The average Bonchev–Trinajstić information content (AvgIpc) is 2.61. The lowest BCUT2D eigenvalue weighted by molar-refractivity contribution is -0.130. The predicted molar refractivity (Wildman–Crippen MR) is 67.9 cm³/mol. The summed E-state index contributed by atoms with van der Waals surface area (Å²) in [6.07, 6.45) is 4.65. The van der Waals surface area contributed by atoms with Gasteiger partial charge in [0.05, 0.1) is 13.2 Å². The monoisotopic (exact) mass is 257 g/mol. The molecule has 104 valence electrons. The summed E-state index contributed by atoms with van der Waals surface area (Å²) in [5.41, 5.74) is 4.92. The molecule has 18 heavy (non-hydrogen) atoms. The van der Waals surface area contributed by atoms with Crippen LogP contribution in [-0.4, -0.2) is 56.1 Å². The molecule has 1 aliphatic heterocycles. The van der Waals surface area contributed by atoms with Gasteiger partial charge in [-0.05, 0) is 12.8 Å². The Labute approximate surface area is 108 Å². The summed E-state index contributed by atoms with van der Waals surface area (Å²) in [7, 11) is 0. The van der Waals surface area contributed by atoms with E-state index in [4.69, 9.17) is 10.5 Å². The molecular formula is C12H23N3O3. The van der Waals surface area contributed by atoms with Crippen molar-refractivity contribution in [2.45, 2.75) is 25.7 Å². The van der Waals surface area contributed by atoms with Crippen molar-refractivity contribution in [3.63, 3.8) is 0 Å². The van der Waals surface area contributed by atoms with Crippen LogP contribution in [0.25, 0.3) is 0 Å². The largest absolute Gasteiger partial charge is 0.370 e. The van der Waals surface area contributed by atoms with Crippen LogP contribution in [0.1, 0.15) is 25.7 Å². The molecule has 0 bridgehead atoms. The van der Waals surface area contributed by atoms with Gasteiger partial charge >= 0.3 is 0 Å². The molecule has 0 radical (unpaired) electrons. The number of nitrogens with zero attached hydrogens (tertiary/aromatic N) is 1. The van der Waals surface area contributed by atoms with Crippen molar-refractivity contribution in [1.82, 2.24) is 10.2 Å². The van der Waals surface area contributed by atoms with Crippen LogP contribution in [0, 0.1) is 0 Å². The van der Waals surface area contributed by atoms with Crippen LogP contribution in [0.3, 0.4) is 0 Å². The van der Waals surface area contributed by atoms with Crippen LogP contribution in [0.2, 0.25) is 0 Å². The summed E-state index contributed by atoms with van der Waals surface area (Å²) >= 11 is 0. The van der Waals surface area contributed by atoms with E-state index < -0.39 is 5.91 Å². The summed E-state index contributed by atoms with van der Waals surface area (Å²) in [5, 5.41) is 3.01. The fraction of sp³-hybridized carbons (Fsp3) is 0.833. The number of nitrogens with two attached hydrogens (primary N) is 1. The van der Waals surface area contributed by atoms with Gasteiger partial charge in [-0.2, -0.15) is 0 Å². The molecule has 1 fully saturated rings. The number of hydrogen-bond donors (Lipinski definition) is 2. The SMILES string of the molecule is NC(=O)COCCNCC(=O)N1CCCCCC1. The Morgan fingerprint density at radius 2 is 1.83 bits per heavy atom. The maximum Gasteiger partial charge on any atom is 0.243 e. The van der Waals surface area contributed by atoms with E-state index in [0.29, 0.717) is 19.7 Å². The minimum atomic E-state index is -0.476. The zero-order chi connectivity index (χ0) is 13.2. The minimum Gasteiger partial charge on any atom is -0.370 e. The molecule has 0 aromatic carbocycles. The summed E-state index contributed by atoms with van der Waals surface area (Å²) in [6, 6.07) is 0. The van der Waals surface area contributed by atoms with Gasteiger partial charge in [0.1, 0.15) is 6.61 Å². The number of amides is 2. The van der Waals surface area contributed by atoms with E-state index >= 15 is 0 Å². The molecule has 6 nitrogen and oxygen atoms in total. The van der Waals surface area contributed by atoms with Gasteiger partial charge in [0.15, 0.2) is 0 Å². The van der Waals surface area contributed by atoms with Gasteiger partial charge in [0.25, 0.3) is 0 Å². The van der Waals surface area contributed by atoms with Crippen LogP contribution in [0.5, 0.6) is 0 Å². The second-order valence-electron chi connectivity index (χ2n) is 4.49. The highest BCUT2D eigenvalue weighted by atomic mass is 16.5. The number of rotatable bonds is 7. The molecule has 0 aliphatic carbocycles. The van der Waals surface area contributed by atoms with E-state index in [1.165, 1.54) is 12.8 Å². The first kappa shape index (κ1) is 14.9. The molecule has 0 spiro atoms. The van der Waals surface area contributed by atoms with Crippen molar-refractivity contribution in [3.8, 4) is 0 Å². The highest BCUT2D eigenvalue weighted by Crippen LogP contribution is 2.09. The summed E-state index contributed by atoms with van der Waals surface area (Å²) in [6.45, 7) is 2.95. The van der Waals surface area contributed by atoms with Gasteiger partial charge in [-0.15, -0.1) is 0 Å². The second-order valence-corrected chi connectivity index (χ2v) is 4.49. The van der Waals surface area contributed by atoms with Crippen molar-refractivity contribution >= 4 is 11.8 Å². The maximum atomic E-state index is 11.8. The molecule has 3 N–H and O–H groups in total. The highest BCUT2D eigenvalue weighted by Gasteiger charge is 2.14. The van der Waals surface area contributed by atoms with Gasteiger partial charge in [0.2, 0.25) is 11.8 Å². The van der Waals surface area contributed by atoms with E-state index in [1.54, 1.807) is 0 Å². The minimum absolute atomic E-state index is 0.0677. The van der Waals surface area contributed by atoms with E-state index in [2.05, 4.69) is 5.32 Å². The first-order valence-electron chi connectivity index (χ1n) is 6.54. The van der Waals surface area contributed by atoms with Crippen molar-refractivity contribution in [2.24, 2.45) is 5.73 Å². The first-order valence-corrected chi connectivity index (χ1v) is 6.54. The van der Waals surface area contributed by atoms with Gasteiger partial charge in [0, 0.05) is 19.6 Å². The van der Waals surface area contributed by atoms with Crippen LogP contribution < -0.4 is 11.1 Å². The van der Waals surface area contributed by atoms with Gasteiger partial charge < -0.3 is 20.7 Å². The Balaban J connectivity index is 2.03. The van der Waals surface area contributed by atoms with Crippen molar-refractivity contribution in [3.05, 3.63) is 0 Å². The normalized spacial score (nSPS) is 16.3. The molecule has 1 saturated heterocycles. The lowest BCUT2D eigenvalue weighted by Gasteiger charge is -2.20. The molecule has 1 heterocycles. The molecular weight excluding hydrogens is 234 g/mol. The number of primary amides is 1. The number of likely N-dealkylation sites (tertiary alicyclic amines) is 1. The fourth-order valence-electron chi connectivity index (χ4n) is 1.94. The van der Waals surface area contributed by atoms with Gasteiger partial charge in [-0.1, -0.05) is 12.8 Å². The molecule has 1 aliphatic rings. The Hall–Kier alpha value is -1.14. The van der Waals surface area contributed by atoms with Crippen LogP contribution in [0.15, 0.2) is 0 Å². The van der Waals surface area contributed by atoms with Crippen LogP contribution >= 0.6 is 0 Å². The molecule has 0 aromatic rings. The van der Waals surface area contributed by atoms with Gasteiger partial charge in [-0.3, -0.25) is 9.59 Å². The highest BCUT2D eigenvalue weighted by molar-refractivity contribution is 5.78. The van der Waals surface area contributed by atoms with Crippen LogP contribution in [0.4, 0.5) is 0 Å². The summed E-state index contributed by atoms with van der Waals surface area (Å²) in [5.74, 6) is -0.331. The Bertz CT molecular complexity index is 263. The molecule has 0 unspecified atom stereocenters. The molecule has 1 rings (SSSR count). The van der Waals surface area contributed by atoms with Gasteiger partial charge in [-0.25, -0.2) is 0 Å². The Kier molecular flexibility index (Phi) is 7.36. The van der Waals surface area contributed by atoms with E-state index in [-0.39, 0.29) is 12.5 Å². The summed E-state index contributed by atoms with van der Waals surface area (Å²) in [4.78, 5) is 24.2. The number of carbonyl (C=O) groups excluding carboxylic acids is 2. The Morgan fingerprint density at radius 1 is 1.17 bits per heavy atom. The molecule has 6 heteroatoms. The lowest BCUT2D eigenvalue weighted by Crippen LogP contribution is -2.39. The third-order valence-corrected chi connectivity index (χ3v) is 2.90. The zero-order valence-corrected chi connectivity index (χ0v) is 10.8. The van der Waals surface area contributed by atoms with E-state index in [1.807, 2.05) is 4.90 Å². The number of carbonyl (C=O) groups is 2.